The van der Waals surface area contributed by atoms with E-state index in [1.54, 1.807) is 0 Å². The molecule has 1 aromatic rings. The molecule has 1 aliphatic rings. The Morgan fingerprint density at radius 2 is 2.16 bits per heavy atom. The first kappa shape index (κ1) is 13.3. The third-order valence-electron chi connectivity index (χ3n) is 3.26. The van der Waals surface area contributed by atoms with Gasteiger partial charge in [0.05, 0.1) is 16.6 Å². The fraction of sp³-hybridized carbons (Fsp3) is 0.462. The van der Waals surface area contributed by atoms with E-state index in [9.17, 15) is 10.1 Å². The summed E-state index contributed by atoms with van der Waals surface area (Å²) in [6.45, 7) is 1.86. The highest BCUT2D eigenvalue weighted by molar-refractivity contribution is 5.50. The predicted octanol–water partition coefficient (Wildman–Crippen LogP) is 1.94. The number of piperidine rings is 1. The largest absolute Gasteiger partial charge is 0.489 e. The Morgan fingerprint density at radius 1 is 1.47 bits per heavy atom. The van der Waals surface area contributed by atoms with Crippen molar-refractivity contribution in [3.63, 3.8) is 0 Å². The standard InChI is InChI=1S/C13H15N3O3/c1-15-6-4-12(5-7-15)19-13-8-11(16(17)18)3-2-10(13)9-14/h2-3,8,12H,4-7H2,1H3. The van der Waals surface area contributed by atoms with Crippen LogP contribution in [0, 0.1) is 21.4 Å². The number of nitro groups is 1. The molecule has 1 heterocycles. The maximum absolute atomic E-state index is 10.7. The van der Waals surface area contributed by atoms with Gasteiger partial charge in [0.15, 0.2) is 0 Å². The summed E-state index contributed by atoms with van der Waals surface area (Å²) in [5, 5.41) is 19.8. The lowest BCUT2D eigenvalue weighted by molar-refractivity contribution is -0.385. The van der Waals surface area contributed by atoms with Gasteiger partial charge in [-0.1, -0.05) is 0 Å². The second-order valence-electron chi connectivity index (χ2n) is 4.67. The molecule has 2 rings (SSSR count). The van der Waals surface area contributed by atoms with Crippen LogP contribution in [0.5, 0.6) is 5.75 Å². The summed E-state index contributed by atoms with van der Waals surface area (Å²) >= 11 is 0. The van der Waals surface area contributed by atoms with Crippen molar-refractivity contribution in [2.45, 2.75) is 18.9 Å². The first-order valence-corrected chi connectivity index (χ1v) is 6.14. The van der Waals surface area contributed by atoms with Crippen LogP contribution in [0.25, 0.3) is 0 Å². The van der Waals surface area contributed by atoms with Crippen LogP contribution in [0.4, 0.5) is 5.69 Å². The van der Waals surface area contributed by atoms with Crippen molar-refractivity contribution in [1.29, 1.82) is 5.26 Å². The Bertz CT molecular complexity index is 516. The predicted molar refractivity (Wildman–Crippen MR) is 69.0 cm³/mol. The number of hydrogen-bond acceptors (Lipinski definition) is 5. The molecule has 100 valence electrons. The van der Waals surface area contributed by atoms with Crippen molar-refractivity contribution in [2.24, 2.45) is 0 Å². The Balaban J connectivity index is 2.16. The van der Waals surface area contributed by atoms with Crippen LogP contribution in [0.2, 0.25) is 0 Å². The molecule has 19 heavy (non-hydrogen) atoms. The smallest absolute Gasteiger partial charge is 0.273 e. The summed E-state index contributed by atoms with van der Waals surface area (Å²) in [5.74, 6) is 0.311. The zero-order valence-corrected chi connectivity index (χ0v) is 10.7. The van der Waals surface area contributed by atoms with E-state index in [1.165, 1.54) is 18.2 Å². The van der Waals surface area contributed by atoms with Gasteiger partial charge in [-0.15, -0.1) is 0 Å². The number of hydrogen-bond donors (Lipinski definition) is 0. The van der Waals surface area contributed by atoms with E-state index in [4.69, 9.17) is 10.00 Å². The summed E-state index contributed by atoms with van der Waals surface area (Å²) in [6, 6.07) is 6.08. The molecule has 1 fully saturated rings. The molecule has 0 radical (unpaired) electrons. The zero-order chi connectivity index (χ0) is 13.8. The second kappa shape index (κ2) is 5.67. The molecule has 0 bridgehead atoms. The Morgan fingerprint density at radius 3 is 2.74 bits per heavy atom. The quantitative estimate of drug-likeness (QED) is 0.613. The van der Waals surface area contributed by atoms with Crippen molar-refractivity contribution in [2.75, 3.05) is 20.1 Å². The molecule has 6 nitrogen and oxygen atoms in total. The van der Waals surface area contributed by atoms with Crippen molar-refractivity contribution >= 4 is 5.69 Å². The third-order valence-corrected chi connectivity index (χ3v) is 3.26. The zero-order valence-electron chi connectivity index (χ0n) is 10.7. The average Bonchev–Trinajstić information content (AvgIpc) is 2.41. The number of rotatable bonds is 3. The van der Waals surface area contributed by atoms with E-state index in [1.807, 2.05) is 13.1 Å². The number of nitrogens with zero attached hydrogens (tertiary/aromatic N) is 3. The highest BCUT2D eigenvalue weighted by Crippen LogP contribution is 2.27. The van der Waals surface area contributed by atoms with E-state index in [0.717, 1.165) is 25.9 Å². The number of nitriles is 1. The Hall–Kier alpha value is -2.13. The van der Waals surface area contributed by atoms with Crippen molar-refractivity contribution in [3.05, 3.63) is 33.9 Å². The van der Waals surface area contributed by atoms with Crippen LogP contribution in [0.1, 0.15) is 18.4 Å². The summed E-state index contributed by atoms with van der Waals surface area (Å²) < 4.78 is 5.76. The van der Waals surface area contributed by atoms with E-state index < -0.39 is 4.92 Å². The topological polar surface area (TPSA) is 79.4 Å². The van der Waals surface area contributed by atoms with Crippen LogP contribution in [0.15, 0.2) is 18.2 Å². The summed E-state index contributed by atoms with van der Waals surface area (Å²) in [5.41, 5.74) is 0.284. The number of non-ortho nitro benzene ring substituents is 1. The molecule has 0 spiro atoms. The van der Waals surface area contributed by atoms with Crippen LogP contribution in [-0.4, -0.2) is 36.1 Å². The van der Waals surface area contributed by atoms with Gasteiger partial charge in [0, 0.05) is 19.2 Å². The van der Waals surface area contributed by atoms with Crippen molar-refractivity contribution in [1.82, 2.24) is 4.90 Å². The van der Waals surface area contributed by atoms with E-state index >= 15 is 0 Å². The lowest BCUT2D eigenvalue weighted by atomic mass is 10.1. The molecule has 0 atom stereocenters. The summed E-state index contributed by atoms with van der Waals surface area (Å²) in [6.07, 6.45) is 1.75. The van der Waals surface area contributed by atoms with Crippen molar-refractivity contribution in [3.8, 4) is 11.8 Å². The van der Waals surface area contributed by atoms with Gasteiger partial charge < -0.3 is 9.64 Å². The van der Waals surface area contributed by atoms with Gasteiger partial charge in [-0.05, 0) is 26.0 Å². The Labute approximate surface area is 111 Å². The molecule has 0 aliphatic carbocycles. The summed E-state index contributed by atoms with van der Waals surface area (Å²) in [4.78, 5) is 12.5. The monoisotopic (exact) mass is 261 g/mol. The molecule has 1 aromatic carbocycles. The van der Waals surface area contributed by atoms with E-state index in [0.29, 0.717) is 11.3 Å². The fourth-order valence-corrected chi connectivity index (χ4v) is 2.10. The molecule has 1 saturated heterocycles. The molecular weight excluding hydrogens is 246 g/mol. The molecule has 0 aromatic heterocycles. The molecule has 1 aliphatic heterocycles. The highest BCUT2D eigenvalue weighted by atomic mass is 16.6. The van der Waals surface area contributed by atoms with E-state index in [2.05, 4.69) is 4.90 Å². The maximum atomic E-state index is 10.7. The lowest BCUT2D eigenvalue weighted by Crippen LogP contribution is -2.35. The maximum Gasteiger partial charge on any atom is 0.273 e. The van der Waals surface area contributed by atoms with Gasteiger partial charge in [-0.3, -0.25) is 10.1 Å². The molecule has 0 unspecified atom stereocenters. The molecule has 0 amide bonds. The summed E-state index contributed by atoms with van der Waals surface area (Å²) in [7, 11) is 2.05. The van der Waals surface area contributed by atoms with Crippen LogP contribution in [0.3, 0.4) is 0 Å². The third kappa shape index (κ3) is 3.20. The van der Waals surface area contributed by atoms with Crippen molar-refractivity contribution < 1.29 is 9.66 Å². The number of likely N-dealkylation sites (tertiary alicyclic amines) is 1. The highest BCUT2D eigenvalue weighted by Gasteiger charge is 2.20. The molecule has 6 heteroatoms. The number of nitro benzene ring substituents is 1. The van der Waals surface area contributed by atoms with E-state index in [-0.39, 0.29) is 11.8 Å². The molecular formula is C13H15N3O3. The minimum absolute atomic E-state index is 0.0188. The van der Waals surface area contributed by atoms with Gasteiger partial charge in [-0.2, -0.15) is 5.26 Å². The van der Waals surface area contributed by atoms with Crippen LogP contribution >= 0.6 is 0 Å². The number of benzene rings is 1. The van der Waals surface area contributed by atoms with Gasteiger partial charge in [0.2, 0.25) is 0 Å². The minimum Gasteiger partial charge on any atom is -0.489 e. The van der Waals surface area contributed by atoms with Gasteiger partial charge in [-0.25, -0.2) is 0 Å². The lowest BCUT2D eigenvalue weighted by Gasteiger charge is -2.29. The average molecular weight is 261 g/mol. The Kier molecular flexibility index (Phi) is 3.97. The normalized spacial score (nSPS) is 16.8. The molecule has 0 N–H and O–H groups in total. The second-order valence-corrected chi connectivity index (χ2v) is 4.67. The minimum atomic E-state index is -0.483. The fourth-order valence-electron chi connectivity index (χ4n) is 2.10. The van der Waals surface area contributed by atoms with Gasteiger partial charge >= 0.3 is 0 Å². The van der Waals surface area contributed by atoms with Gasteiger partial charge in [0.25, 0.3) is 5.69 Å². The van der Waals surface area contributed by atoms with Crippen LogP contribution in [-0.2, 0) is 0 Å². The van der Waals surface area contributed by atoms with Crippen LogP contribution < -0.4 is 4.74 Å². The number of ether oxygens (including phenoxy) is 1. The van der Waals surface area contributed by atoms with Gasteiger partial charge in [0.1, 0.15) is 17.9 Å². The first-order chi connectivity index (χ1) is 9.10. The first-order valence-electron chi connectivity index (χ1n) is 6.14. The molecule has 0 saturated carbocycles. The SMILES string of the molecule is CN1CCC(Oc2cc([N+](=O)[O-])ccc2C#N)CC1.